The molecule has 4 aromatic rings. The molecular weight excluding hydrogens is 622 g/mol. The first-order valence-corrected chi connectivity index (χ1v) is 16.3. The zero-order valence-corrected chi connectivity index (χ0v) is 27.1. The van der Waals surface area contributed by atoms with Crippen molar-refractivity contribution in [3.8, 4) is 28.5 Å². The first-order chi connectivity index (χ1) is 23.3. The van der Waals surface area contributed by atoms with Gasteiger partial charge in [-0.05, 0) is 75.9 Å². The molecule has 10 nitrogen and oxygen atoms in total. The molecule has 48 heavy (non-hydrogen) atoms. The molecule has 3 heterocycles. The number of pyridine rings is 1. The second-order valence-electron chi connectivity index (χ2n) is 12.1. The van der Waals surface area contributed by atoms with E-state index in [2.05, 4.69) is 15.2 Å². The number of aromatic nitrogens is 2. The lowest BCUT2D eigenvalue weighted by molar-refractivity contribution is -0.152. The molecule has 2 aromatic carbocycles. The Labute approximate surface area is 277 Å². The molecule has 1 aliphatic carbocycles. The van der Waals surface area contributed by atoms with Crippen LogP contribution in [0.1, 0.15) is 54.9 Å². The molecule has 0 unspecified atom stereocenters. The Kier molecular flexibility index (Phi) is 10.1. The number of hydrogen-bond donors (Lipinski definition) is 1. The van der Waals surface area contributed by atoms with Crippen LogP contribution in [0, 0.1) is 0 Å². The van der Waals surface area contributed by atoms with Gasteiger partial charge in [-0.1, -0.05) is 30.3 Å². The van der Waals surface area contributed by atoms with Crippen LogP contribution in [0.4, 0.5) is 8.78 Å². The van der Waals surface area contributed by atoms with Crippen LogP contribution in [0.2, 0.25) is 0 Å². The molecule has 0 radical (unpaired) electrons. The van der Waals surface area contributed by atoms with E-state index in [1.54, 1.807) is 22.9 Å². The fourth-order valence-electron chi connectivity index (χ4n) is 6.34. The van der Waals surface area contributed by atoms with Crippen molar-refractivity contribution in [1.29, 1.82) is 0 Å². The minimum absolute atomic E-state index is 0.0271. The third-order valence-corrected chi connectivity index (χ3v) is 9.01. The summed E-state index contributed by atoms with van der Waals surface area (Å²) in [7, 11) is 1.38. The number of rotatable bonds is 14. The number of likely N-dealkylation sites (tertiary alicyclic amines) is 1. The van der Waals surface area contributed by atoms with Crippen molar-refractivity contribution in [2.75, 3.05) is 40.0 Å². The zero-order valence-electron chi connectivity index (χ0n) is 27.1. The number of nitrogens with zero attached hydrogens (tertiary/aromatic N) is 3. The maximum absolute atomic E-state index is 13.4. The summed E-state index contributed by atoms with van der Waals surface area (Å²) in [5, 5.41) is 2.81. The number of ether oxygens (including phenoxy) is 4. The lowest BCUT2D eigenvalue weighted by Gasteiger charge is -2.40. The highest BCUT2D eigenvalue weighted by Crippen LogP contribution is 2.38. The summed E-state index contributed by atoms with van der Waals surface area (Å²) in [5.74, 6) is -0.167. The number of carbonyl (C=O) groups is 2. The third-order valence-electron chi connectivity index (χ3n) is 9.01. The topological polar surface area (TPSA) is 104 Å². The largest absolute Gasteiger partial charge is 0.496 e. The molecule has 254 valence electrons. The van der Waals surface area contributed by atoms with Crippen molar-refractivity contribution < 1.29 is 37.3 Å². The van der Waals surface area contributed by atoms with E-state index in [-0.39, 0.29) is 29.1 Å². The molecule has 1 amide bonds. The lowest BCUT2D eigenvalue weighted by atomic mass is 9.72. The zero-order chi connectivity index (χ0) is 33.7. The molecule has 6 rings (SSSR count). The minimum atomic E-state index is -3.12. The van der Waals surface area contributed by atoms with Crippen LogP contribution < -0.4 is 19.5 Å². The van der Waals surface area contributed by atoms with E-state index in [0.29, 0.717) is 48.7 Å². The summed E-state index contributed by atoms with van der Waals surface area (Å²) < 4.78 is 50.4. The highest BCUT2D eigenvalue weighted by molar-refractivity contribution is 6.01. The van der Waals surface area contributed by atoms with Crippen LogP contribution in [0.5, 0.6) is 17.2 Å². The van der Waals surface area contributed by atoms with Crippen molar-refractivity contribution in [3.63, 3.8) is 0 Å². The Morgan fingerprint density at radius 1 is 1.06 bits per heavy atom. The van der Waals surface area contributed by atoms with E-state index < -0.39 is 17.9 Å². The summed E-state index contributed by atoms with van der Waals surface area (Å²) in [6.45, 7) is 1.99. The number of piperidine rings is 1. The number of hydrogen-bond acceptors (Lipinski definition) is 8. The number of benzene rings is 2. The Morgan fingerprint density at radius 2 is 1.81 bits per heavy atom. The fraction of sp³-hybridized carbons (Fsp3) is 0.417. The monoisotopic (exact) mass is 662 g/mol. The molecule has 0 bridgehead atoms. The third kappa shape index (κ3) is 7.23. The van der Waals surface area contributed by atoms with Gasteiger partial charge in [-0.25, -0.2) is 4.98 Å². The van der Waals surface area contributed by atoms with Crippen LogP contribution in [-0.2, 0) is 14.9 Å². The van der Waals surface area contributed by atoms with Crippen LogP contribution in [0.25, 0.3) is 16.9 Å². The van der Waals surface area contributed by atoms with Gasteiger partial charge in [0, 0.05) is 30.4 Å². The Hall–Kier alpha value is -4.71. The van der Waals surface area contributed by atoms with Crippen LogP contribution in [-0.4, -0.2) is 78.8 Å². The predicted molar refractivity (Wildman–Crippen MR) is 175 cm³/mol. The molecule has 2 aromatic heterocycles. The molecule has 12 heteroatoms. The minimum Gasteiger partial charge on any atom is -0.496 e. The molecule has 2 fully saturated rings. The number of nitrogens with one attached hydrogen (secondary N) is 1. The van der Waals surface area contributed by atoms with Gasteiger partial charge in [0.25, 0.3) is 5.91 Å². The second-order valence-corrected chi connectivity index (χ2v) is 12.1. The average molecular weight is 663 g/mol. The smallest absolute Gasteiger partial charge is 0.387 e. The van der Waals surface area contributed by atoms with Crippen molar-refractivity contribution >= 4 is 17.5 Å². The lowest BCUT2D eigenvalue weighted by Crippen LogP contribution is -2.48. The van der Waals surface area contributed by atoms with Gasteiger partial charge in [-0.3, -0.25) is 14.0 Å². The van der Waals surface area contributed by atoms with Gasteiger partial charge in [0.15, 0.2) is 0 Å². The number of amides is 1. The van der Waals surface area contributed by atoms with E-state index in [1.165, 1.54) is 13.2 Å². The van der Waals surface area contributed by atoms with Crippen molar-refractivity contribution in [3.05, 3.63) is 78.1 Å². The maximum atomic E-state index is 13.4. The van der Waals surface area contributed by atoms with E-state index in [0.717, 1.165) is 44.5 Å². The van der Waals surface area contributed by atoms with Gasteiger partial charge < -0.3 is 29.2 Å². The number of halogens is 2. The van der Waals surface area contributed by atoms with Crippen molar-refractivity contribution in [2.24, 2.45) is 0 Å². The van der Waals surface area contributed by atoms with E-state index >= 15 is 0 Å². The quantitative estimate of drug-likeness (QED) is 0.132. The van der Waals surface area contributed by atoms with Crippen molar-refractivity contribution in [2.45, 2.75) is 57.1 Å². The number of esters is 1. The number of imidazole rings is 1. The number of carbonyl (C=O) groups excluding carboxylic acids is 2. The Bertz CT molecular complexity index is 1740. The number of alkyl halides is 2. The maximum Gasteiger partial charge on any atom is 0.387 e. The highest BCUT2D eigenvalue weighted by atomic mass is 19.3. The Balaban J connectivity index is 1.08. The molecule has 1 saturated heterocycles. The second kappa shape index (κ2) is 14.6. The molecule has 1 N–H and O–H groups in total. The van der Waals surface area contributed by atoms with Gasteiger partial charge in [0.1, 0.15) is 28.5 Å². The molecule has 1 saturated carbocycles. The van der Waals surface area contributed by atoms with Crippen molar-refractivity contribution in [1.82, 2.24) is 19.6 Å². The summed E-state index contributed by atoms with van der Waals surface area (Å²) >= 11 is 0. The molecular formula is C36H40F2N4O6. The highest BCUT2D eigenvalue weighted by Gasteiger charge is 2.44. The van der Waals surface area contributed by atoms with E-state index in [4.69, 9.17) is 18.9 Å². The molecule has 1 aliphatic heterocycles. The van der Waals surface area contributed by atoms with Crippen LogP contribution in [0.3, 0.4) is 0 Å². The normalized spacial score (nSPS) is 16.1. The predicted octanol–water partition coefficient (Wildman–Crippen LogP) is 5.87. The first kappa shape index (κ1) is 33.2. The summed E-state index contributed by atoms with van der Waals surface area (Å²) in [4.78, 5) is 32.8. The first-order valence-electron chi connectivity index (χ1n) is 16.3. The van der Waals surface area contributed by atoms with E-state index in [9.17, 15) is 18.4 Å². The Morgan fingerprint density at radius 3 is 2.50 bits per heavy atom. The van der Waals surface area contributed by atoms with Gasteiger partial charge in [0.05, 0.1) is 37.6 Å². The van der Waals surface area contributed by atoms with Crippen LogP contribution in [0.15, 0.2) is 67.0 Å². The van der Waals surface area contributed by atoms with Crippen LogP contribution >= 0.6 is 0 Å². The number of methoxy groups -OCH3 is 1. The van der Waals surface area contributed by atoms with E-state index in [1.807, 2.05) is 49.4 Å². The summed E-state index contributed by atoms with van der Waals surface area (Å²) in [6.07, 6.45) is 7.31. The van der Waals surface area contributed by atoms with Gasteiger partial charge in [-0.15, -0.1) is 0 Å². The average Bonchev–Trinajstić information content (AvgIpc) is 3.81. The summed E-state index contributed by atoms with van der Waals surface area (Å²) in [6, 6.07) is 16.6. The standard InChI is InChI=1S/C36H40F2N4O6/c1-3-46-34(44)36(25-8-5-4-6-9-25)13-17-41(18-14-36)15-7-19-47-27-12-16-42-28(23-39-31(42)22-27)24-20-29(45-2)32(30(21-24)48-35(37)38)33(43)40-26-10-11-26/h4-6,8-9,12,16,20-23,26,35H,3,7,10-11,13-15,17-19H2,1-2H3,(H,40,43). The summed E-state index contributed by atoms with van der Waals surface area (Å²) in [5.41, 5.74) is 2.02. The fourth-order valence-corrected chi connectivity index (χ4v) is 6.34. The van der Waals surface area contributed by atoms with Gasteiger partial charge in [0.2, 0.25) is 0 Å². The number of fused-ring (bicyclic) bond motifs is 1. The molecule has 2 aliphatic rings. The molecule has 0 atom stereocenters. The SMILES string of the molecule is CCOC(=O)C1(c2ccccc2)CCN(CCCOc2ccn3c(-c4cc(OC)c(C(=O)NC5CC5)c(OC(F)F)c4)cnc3c2)CC1. The van der Waals surface area contributed by atoms with Gasteiger partial charge >= 0.3 is 12.6 Å². The molecule has 0 spiro atoms. The van der Waals surface area contributed by atoms with Gasteiger partial charge in [-0.2, -0.15) is 8.78 Å².